The highest BCUT2D eigenvalue weighted by molar-refractivity contribution is 6.35. The van der Waals surface area contributed by atoms with Crippen LogP contribution in [0.4, 0.5) is 0 Å². The summed E-state index contributed by atoms with van der Waals surface area (Å²) >= 11 is 12.0. The number of imidazole rings is 1. The van der Waals surface area contributed by atoms with Gasteiger partial charge in [0.2, 0.25) is 0 Å². The number of nitrogens with zero attached hydrogens (tertiary/aromatic N) is 2. The summed E-state index contributed by atoms with van der Waals surface area (Å²) in [6, 6.07) is 5.07. The molecule has 0 aliphatic heterocycles. The van der Waals surface area contributed by atoms with Gasteiger partial charge in [-0.05, 0) is 18.6 Å². The molecule has 0 spiro atoms. The van der Waals surface area contributed by atoms with E-state index in [0.717, 1.165) is 12.1 Å². The largest absolute Gasteiger partial charge is 0.382 e. The van der Waals surface area contributed by atoms with E-state index in [1.807, 2.05) is 13.0 Å². The topological polar surface area (TPSA) is 38.0 Å². The van der Waals surface area contributed by atoms with Crippen LogP contribution in [-0.2, 0) is 0 Å². The molecule has 2 rings (SSSR count). The van der Waals surface area contributed by atoms with Crippen LogP contribution in [0.3, 0.4) is 0 Å². The summed E-state index contributed by atoms with van der Waals surface area (Å²) in [5, 5.41) is 11.5. The van der Waals surface area contributed by atoms with Crippen molar-refractivity contribution in [3.8, 4) is 0 Å². The maximum Gasteiger partial charge on any atom is 0.120 e. The van der Waals surface area contributed by atoms with Gasteiger partial charge in [-0.25, -0.2) is 4.98 Å². The smallest absolute Gasteiger partial charge is 0.120 e. The predicted octanol–water partition coefficient (Wildman–Crippen LogP) is 4.17. The number of hydrogen-bond donors (Lipinski definition) is 1. The van der Waals surface area contributed by atoms with Crippen molar-refractivity contribution in [2.45, 2.75) is 19.4 Å². The van der Waals surface area contributed by atoms with Crippen LogP contribution in [0.1, 0.15) is 25.0 Å². The molecule has 0 amide bonds. The van der Waals surface area contributed by atoms with Gasteiger partial charge in [0.05, 0.1) is 12.0 Å². The average molecular weight is 297 g/mol. The summed E-state index contributed by atoms with van der Waals surface area (Å²) in [4.78, 5) is 3.99. The Balaban J connectivity index is 2.40. The highest BCUT2D eigenvalue weighted by Gasteiger charge is 2.17. The van der Waals surface area contributed by atoms with Crippen molar-refractivity contribution in [2.24, 2.45) is 0 Å². The molecular formula is C14H14Cl2N2O. The summed E-state index contributed by atoms with van der Waals surface area (Å²) in [6.07, 6.45) is 7.02. The fourth-order valence-corrected chi connectivity index (χ4v) is 2.37. The summed E-state index contributed by atoms with van der Waals surface area (Å²) in [5.74, 6) is 0. The number of aliphatic hydroxyl groups excluding tert-OH is 1. The van der Waals surface area contributed by atoms with Crippen LogP contribution in [0, 0.1) is 0 Å². The maximum absolute atomic E-state index is 10.5. The minimum atomic E-state index is -0.820. The van der Waals surface area contributed by atoms with Crippen LogP contribution in [0.15, 0.2) is 43.0 Å². The zero-order valence-corrected chi connectivity index (χ0v) is 11.9. The van der Waals surface area contributed by atoms with Crippen molar-refractivity contribution in [3.05, 3.63) is 58.6 Å². The third kappa shape index (κ3) is 3.18. The van der Waals surface area contributed by atoms with Gasteiger partial charge in [0, 0.05) is 28.0 Å². The van der Waals surface area contributed by atoms with Crippen molar-refractivity contribution in [1.29, 1.82) is 0 Å². The van der Waals surface area contributed by atoms with Gasteiger partial charge in [-0.15, -0.1) is 0 Å². The number of aliphatic hydroxyl groups is 1. The molecule has 0 bridgehead atoms. The molecule has 19 heavy (non-hydrogen) atoms. The van der Waals surface area contributed by atoms with Crippen LogP contribution >= 0.6 is 23.2 Å². The van der Waals surface area contributed by atoms with Crippen LogP contribution in [0.5, 0.6) is 0 Å². The second-order valence-electron chi connectivity index (χ2n) is 4.08. The van der Waals surface area contributed by atoms with E-state index in [-0.39, 0.29) is 0 Å². The molecule has 0 fully saturated rings. The third-order valence-electron chi connectivity index (χ3n) is 2.75. The Bertz CT molecular complexity index is 579. The lowest BCUT2D eigenvalue weighted by atomic mass is 10.1. The lowest BCUT2D eigenvalue weighted by molar-refractivity contribution is 0.231. The summed E-state index contributed by atoms with van der Waals surface area (Å²) in [5.41, 5.74) is 1.35. The van der Waals surface area contributed by atoms with Crippen LogP contribution < -0.4 is 0 Å². The third-order valence-corrected chi connectivity index (χ3v) is 3.32. The molecule has 1 atom stereocenters. The molecule has 1 heterocycles. The standard InChI is InChI=1S/C14H14Cl2N2O/c1-2-3-13(18-7-6-17-9-18)14(19)11-5-4-10(15)8-12(11)16/h3-9,14,19H,2H2,1H3/b13-3-. The molecule has 5 heteroatoms. The average Bonchev–Trinajstić information content (AvgIpc) is 2.89. The van der Waals surface area contributed by atoms with Crippen molar-refractivity contribution >= 4 is 28.9 Å². The normalized spacial score (nSPS) is 13.6. The molecular weight excluding hydrogens is 283 g/mol. The molecule has 3 nitrogen and oxygen atoms in total. The Morgan fingerprint density at radius 2 is 2.26 bits per heavy atom. The highest BCUT2D eigenvalue weighted by atomic mass is 35.5. The second kappa shape index (κ2) is 6.24. The van der Waals surface area contributed by atoms with E-state index in [1.54, 1.807) is 41.5 Å². The van der Waals surface area contributed by atoms with Gasteiger partial charge in [0.1, 0.15) is 6.10 Å². The predicted molar refractivity (Wildman–Crippen MR) is 78.2 cm³/mol. The van der Waals surface area contributed by atoms with Gasteiger partial charge in [-0.2, -0.15) is 0 Å². The molecule has 0 saturated carbocycles. The Labute approximate surface area is 122 Å². The van der Waals surface area contributed by atoms with E-state index < -0.39 is 6.10 Å². The highest BCUT2D eigenvalue weighted by Crippen LogP contribution is 2.32. The molecule has 0 aliphatic carbocycles. The first kappa shape index (κ1) is 14.1. The SMILES string of the molecule is CC/C=C(/C(O)c1ccc(Cl)cc1Cl)n1ccnc1. The van der Waals surface area contributed by atoms with E-state index in [9.17, 15) is 5.11 Å². The molecule has 1 aromatic carbocycles. The Kier molecular flexibility index (Phi) is 4.64. The van der Waals surface area contributed by atoms with Gasteiger partial charge in [-0.1, -0.05) is 42.3 Å². The van der Waals surface area contributed by atoms with E-state index in [2.05, 4.69) is 4.98 Å². The molecule has 1 N–H and O–H groups in total. The van der Waals surface area contributed by atoms with E-state index in [0.29, 0.717) is 15.6 Å². The summed E-state index contributed by atoms with van der Waals surface area (Å²) < 4.78 is 1.78. The first-order valence-corrected chi connectivity index (χ1v) is 6.70. The van der Waals surface area contributed by atoms with E-state index in [4.69, 9.17) is 23.2 Å². The fraction of sp³-hybridized carbons (Fsp3) is 0.214. The quantitative estimate of drug-likeness (QED) is 0.919. The van der Waals surface area contributed by atoms with Gasteiger partial charge in [0.15, 0.2) is 0 Å². The lowest BCUT2D eigenvalue weighted by Gasteiger charge is -2.17. The first-order chi connectivity index (χ1) is 9.13. The van der Waals surface area contributed by atoms with Crippen LogP contribution in [-0.4, -0.2) is 14.7 Å². The van der Waals surface area contributed by atoms with Crippen LogP contribution in [0.2, 0.25) is 10.0 Å². The second-order valence-corrected chi connectivity index (χ2v) is 4.92. The Morgan fingerprint density at radius 3 is 2.84 bits per heavy atom. The zero-order chi connectivity index (χ0) is 13.8. The minimum Gasteiger partial charge on any atom is -0.382 e. The fourth-order valence-electron chi connectivity index (χ4n) is 1.86. The Morgan fingerprint density at radius 1 is 1.47 bits per heavy atom. The number of allylic oxidation sites excluding steroid dienone is 1. The molecule has 0 aliphatic rings. The molecule has 0 radical (unpaired) electrons. The van der Waals surface area contributed by atoms with Gasteiger partial charge >= 0.3 is 0 Å². The molecule has 0 saturated heterocycles. The molecule has 1 aromatic heterocycles. The van der Waals surface area contributed by atoms with Crippen LogP contribution in [0.25, 0.3) is 5.70 Å². The first-order valence-electron chi connectivity index (χ1n) is 5.95. The lowest BCUT2D eigenvalue weighted by Crippen LogP contribution is -2.07. The number of benzene rings is 1. The van der Waals surface area contributed by atoms with Gasteiger partial charge < -0.3 is 9.67 Å². The van der Waals surface area contributed by atoms with E-state index >= 15 is 0 Å². The number of aromatic nitrogens is 2. The monoisotopic (exact) mass is 296 g/mol. The van der Waals surface area contributed by atoms with Crippen molar-refractivity contribution in [3.63, 3.8) is 0 Å². The summed E-state index contributed by atoms with van der Waals surface area (Å²) in [7, 11) is 0. The van der Waals surface area contributed by atoms with Crippen molar-refractivity contribution in [2.75, 3.05) is 0 Å². The number of hydrogen-bond acceptors (Lipinski definition) is 2. The van der Waals surface area contributed by atoms with Gasteiger partial charge in [0.25, 0.3) is 0 Å². The summed E-state index contributed by atoms with van der Waals surface area (Å²) in [6.45, 7) is 2.01. The zero-order valence-electron chi connectivity index (χ0n) is 10.4. The Hall–Kier alpha value is -1.29. The molecule has 100 valence electrons. The molecule has 1 unspecified atom stereocenters. The van der Waals surface area contributed by atoms with E-state index in [1.165, 1.54) is 0 Å². The minimum absolute atomic E-state index is 0.446. The number of rotatable bonds is 4. The van der Waals surface area contributed by atoms with Crippen molar-refractivity contribution < 1.29 is 5.11 Å². The van der Waals surface area contributed by atoms with Gasteiger partial charge in [-0.3, -0.25) is 0 Å². The molecule has 2 aromatic rings. The maximum atomic E-state index is 10.5. The number of halogens is 2. The van der Waals surface area contributed by atoms with Crippen molar-refractivity contribution in [1.82, 2.24) is 9.55 Å².